The molecule has 66 valence electrons. The first kappa shape index (κ1) is 10.2. The van der Waals surface area contributed by atoms with E-state index < -0.39 is 6.09 Å². The number of carbonyl (C=O) groups is 1. The van der Waals surface area contributed by atoms with Gasteiger partial charge in [0.15, 0.2) is 0 Å². The molecule has 0 aromatic rings. The van der Waals surface area contributed by atoms with E-state index in [0.717, 1.165) is 0 Å². The fourth-order valence-corrected chi connectivity index (χ4v) is 0.501. The molecule has 0 aromatic heterocycles. The Morgan fingerprint density at radius 3 is 2.82 bits per heavy atom. The highest BCUT2D eigenvalue weighted by Gasteiger charge is 2.03. The highest BCUT2D eigenvalue weighted by molar-refractivity contribution is 5.64. The van der Waals surface area contributed by atoms with E-state index in [9.17, 15) is 4.79 Å². The Kier molecular flexibility index (Phi) is 5.50. The maximum Gasteiger partial charge on any atom is 0.404 e. The van der Waals surface area contributed by atoms with Crippen molar-refractivity contribution in [1.29, 1.82) is 0 Å². The first-order valence-electron chi connectivity index (χ1n) is 3.31. The molecule has 0 heterocycles. The molecule has 0 bridgehead atoms. The minimum Gasteiger partial charge on any atom is -0.447 e. The molecule has 0 spiro atoms. The van der Waals surface area contributed by atoms with Crippen LogP contribution in [0.25, 0.3) is 0 Å². The average Bonchev–Trinajstić information content (AvgIpc) is 1.97. The highest BCUT2D eigenvalue weighted by atomic mass is 16.6. The minimum absolute atomic E-state index is 0.0408. The molecule has 0 aromatic carbocycles. The molecule has 1 amide bonds. The van der Waals surface area contributed by atoms with Gasteiger partial charge in [-0.15, -0.1) is 0 Å². The molecular weight excluding hydrogens is 150 g/mol. The van der Waals surface area contributed by atoms with Crippen LogP contribution < -0.4 is 5.73 Å². The molecule has 0 fully saturated rings. The van der Waals surface area contributed by atoms with Crippen molar-refractivity contribution in [3.05, 3.63) is 0 Å². The Bertz CT molecular complexity index is 117. The Hall–Kier alpha value is -0.810. The van der Waals surface area contributed by atoms with Crippen LogP contribution in [-0.4, -0.2) is 37.1 Å². The molecule has 0 aliphatic rings. The molecule has 0 aliphatic heterocycles. The molecule has 0 saturated carbocycles. The number of amides is 1. The standard InChI is InChI=1S/C6H13NO4/c1-5(10-3-2-8)4-11-6(7)9/h5,8H,2-4H2,1H3,(H2,7,9). The largest absolute Gasteiger partial charge is 0.447 e. The summed E-state index contributed by atoms with van der Waals surface area (Å²) in [4.78, 5) is 10.1. The zero-order valence-corrected chi connectivity index (χ0v) is 6.45. The average molecular weight is 163 g/mol. The molecule has 1 atom stereocenters. The summed E-state index contributed by atoms with van der Waals surface area (Å²) in [6.07, 6.45) is -1.04. The Morgan fingerprint density at radius 2 is 2.36 bits per heavy atom. The van der Waals surface area contributed by atoms with E-state index in [1.54, 1.807) is 6.92 Å². The lowest BCUT2D eigenvalue weighted by molar-refractivity contribution is 0.00241. The molecule has 0 aliphatic carbocycles. The molecule has 1 unspecified atom stereocenters. The summed E-state index contributed by atoms with van der Waals surface area (Å²) in [7, 11) is 0. The zero-order valence-electron chi connectivity index (χ0n) is 6.45. The molecular formula is C6H13NO4. The lowest BCUT2D eigenvalue weighted by Gasteiger charge is -2.10. The number of carbonyl (C=O) groups excluding carboxylic acids is 1. The van der Waals surface area contributed by atoms with Gasteiger partial charge in [-0.05, 0) is 6.92 Å². The third-order valence-corrected chi connectivity index (χ3v) is 0.954. The van der Waals surface area contributed by atoms with E-state index in [-0.39, 0.29) is 25.9 Å². The van der Waals surface area contributed by atoms with Crippen LogP contribution in [0, 0.1) is 0 Å². The molecule has 3 N–H and O–H groups in total. The Morgan fingerprint density at radius 1 is 1.73 bits per heavy atom. The summed E-state index contributed by atoms with van der Waals surface area (Å²) < 4.78 is 9.39. The van der Waals surface area contributed by atoms with E-state index in [0.29, 0.717) is 0 Å². The number of primary amides is 1. The van der Waals surface area contributed by atoms with Crippen molar-refractivity contribution in [2.75, 3.05) is 19.8 Å². The maximum absolute atomic E-state index is 10.1. The normalized spacial score (nSPS) is 12.5. The van der Waals surface area contributed by atoms with Crippen LogP contribution in [0.4, 0.5) is 4.79 Å². The van der Waals surface area contributed by atoms with Crippen molar-refractivity contribution in [2.24, 2.45) is 5.73 Å². The van der Waals surface area contributed by atoms with Gasteiger partial charge in [-0.2, -0.15) is 0 Å². The van der Waals surface area contributed by atoms with Gasteiger partial charge in [0, 0.05) is 0 Å². The van der Waals surface area contributed by atoms with Crippen LogP contribution in [0.2, 0.25) is 0 Å². The second-order valence-electron chi connectivity index (χ2n) is 2.04. The second kappa shape index (κ2) is 5.94. The summed E-state index contributed by atoms with van der Waals surface area (Å²) in [5.41, 5.74) is 4.70. The van der Waals surface area contributed by atoms with Gasteiger partial charge in [0.1, 0.15) is 6.61 Å². The van der Waals surface area contributed by atoms with Crippen molar-refractivity contribution < 1.29 is 19.4 Å². The van der Waals surface area contributed by atoms with Crippen molar-refractivity contribution >= 4 is 6.09 Å². The van der Waals surface area contributed by atoms with E-state index in [1.807, 2.05) is 0 Å². The van der Waals surface area contributed by atoms with Crippen molar-refractivity contribution in [3.63, 3.8) is 0 Å². The molecule has 5 nitrogen and oxygen atoms in total. The fourth-order valence-electron chi connectivity index (χ4n) is 0.501. The topological polar surface area (TPSA) is 81.8 Å². The van der Waals surface area contributed by atoms with Crippen LogP contribution in [-0.2, 0) is 9.47 Å². The SMILES string of the molecule is CC(COC(N)=O)OCCO. The summed E-state index contributed by atoms with van der Waals surface area (Å²) in [6, 6.07) is 0. The number of rotatable bonds is 5. The predicted octanol–water partition coefficient (Wildman–Crippen LogP) is -0.521. The summed E-state index contributed by atoms with van der Waals surface area (Å²) in [5, 5.41) is 8.34. The van der Waals surface area contributed by atoms with Crippen LogP contribution in [0.15, 0.2) is 0 Å². The predicted molar refractivity (Wildman–Crippen MR) is 38.0 cm³/mol. The third-order valence-electron chi connectivity index (χ3n) is 0.954. The molecule has 0 rings (SSSR count). The van der Waals surface area contributed by atoms with Crippen LogP contribution in [0.5, 0.6) is 0 Å². The monoisotopic (exact) mass is 163 g/mol. The molecule has 5 heteroatoms. The quantitative estimate of drug-likeness (QED) is 0.571. The number of aliphatic hydroxyl groups excluding tert-OH is 1. The van der Waals surface area contributed by atoms with E-state index in [4.69, 9.17) is 15.6 Å². The number of hydrogen-bond acceptors (Lipinski definition) is 4. The maximum atomic E-state index is 10.1. The van der Waals surface area contributed by atoms with Crippen LogP contribution in [0.3, 0.4) is 0 Å². The number of ether oxygens (including phenoxy) is 2. The second-order valence-corrected chi connectivity index (χ2v) is 2.04. The third kappa shape index (κ3) is 7.08. The highest BCUT2D eigenvalue weighted by Crippen LogP contribution is 1.90. The van der Waals surface area contributed by atoms with Gasteiger partial charge in [0.2, 0.25) is 0 Å². The van der Waals surface area contributed by atoms with Crippen molar-refractivity contribution in [3.8, 4) is 0 Å². The van der Waals surface area contributed by atoms with Gasteiger partial charge in [-0.3, -0.25) is 0 Å². The molecule has 0 saturated heterocycles. The van der Waals surface area contributed by atoms with Crippen molar-refractivity contribution in [2.45, 2.75) is 13.0 Å². The Balaban J connectivity index is 3.22. The zero-order chi connectivity index (χ0) is 8.69. The summed E-state index contributed by atoms with van der Waals surface area (Å²) in [6.45, 7) is 2.04. The van der Waals surface area contributed by atoms with Gasteiger partial charge in [-0.25, -0.2) is 4.79 Å². The summed E-state index contributed by atoms with van der Waals surface area (Å²) >= 11 is 0. The van der Waals surface area contributed by atoms with Crippen LogP contribution in [0.1, 0.15) is 6.92 Å². The van der Waals surface area contributed by atoms with Crippen LogP contribution >= 0.6 is 0 Å². The number of aliphatic hydroxyl groups is 1. The number of hydrogen-bond donors (Lipinski definition) is 2. The first-order valence-corrected chi connectivity index (χ1v) is 3.31. The van der Waals surface area contributed by atoms with Crippen molar-refractivity contribution in [1.82, 2.24) is 0 Å². The lowest BCUT2D eigenvalue weighted by atomic mass is 10.4. The van der Waals surface area contributed by atoms with E-state index in [1.165, 1.54) is 0 Å². The van der Waals surface area contributed by atoms with Gasteiger partial charge >= 0.3 is 6.09 Å². The van der Waals surface area contributed by atoms with Gasteiger partial charge in [0.25, 0.3) is 0 Å². The number of nitrogens with two attached hydrogens (primary N) is 1. The van der Waals surface area contributed by atoms with E-state index in [2.05, 4.69) is 4.74 Å². The minimum atomic E-state index is -0.815. The van der Waals surface area contributed by atoms with Gasteiger partial charge in [0.05, 0.1) is 19.3 Å². The summed E-state index contributed by atoms with van der Waals surface area (Å²) in [5.74, 6) is 0. The molecule has 11 heavy (non-hydrogen) atoms. The lowest BCUT2D eigenvalue weighted by Crippen LogP contribution is -2.23. The first-order chi connectivity index (χ1) is 5.16. The van der Waals surface area contributed by atoms with Gasteiger partial charge < -0.3 is 20.3 Å². The fraction of sp³-hybridized carbons (Fsp3) is 0.833. The Labute approximate surface area is 65.1 Å². The van der Waals surface area contributed by atoms with Gasteiger partial charge in [-0.1, -0.05) is 0 Å². The smallest absolute Gasteiger partial charge is 0.404 e. The molecule has 0 radical (unpaired) electrons. The van der Waals surface area contributed by atoms with E-state index >= 15 is 0 Å².